The van der Waals surface area contributed by atoms with Crippen molar-refractivity contribution in [1.29, 1.82) is 5.26 Å². The Morgan fingerprint density at radius 1 is 1.46 bits per heavy atom. The minimum Gasteiger partial charge on any atom is -0.192 e. The van der Waals surface area contributed by atoms with Gasteiger partial charge in [0.25, 0.3) is 0 Å². The van der Waals surface area contributed by atoms with Gasteiger partial charge in [0, 0.05) is 10.3 Å². The number of thiophene rings is 1. The quantitative estimate of drug-likeness (QED) is 0.718. The van der Waals surface area contributed by atoms with Crippen LogP contribution >= 0.6 is 11.3 Å². The molecule has 0 bridgehead atoms. The molecule has 0 aliphatic heterocycles. The molecular weight excluding hydrogens is 178 g/mol. The van der Waals surface area contributed by atoms with Crippen LogP contribution in [0.25, 0.3) is 0 Å². The van der Waals surface area contributed by atoms with E-state index in [1.54, 1.807) is 11.3 Å². The van der Waals surface area contributed by atoms with Gasteiger partial charge < -0.3 is 0 Å². The van der Waals surface area contributed by atoms with E-state index in [1.807, 2.05) is 11.4 Å². The number of rotatable bonds is 3. The molecule has 0 spiro atoms. The summed E-state index contributed by atoms with van der Waals surface area (Å²) in [6, 6.07) is 4.18. The molecule has 0 N–H and O–H groups in total. The van der Waals surface area contributed by atoms with Gasteiger partial charge in [-0.3, -0.25) is 0 Å². The molecule has 1 aromatic heterocycles. The Bertz CT molecular complexity index is 315. The van der Waals surface area contributed by atoms with Crippen molar-refractivity contribution in [1.82, 2.24) is 0 Å². The second-order valence-corrected chi connectivity index (χ2v) is 4.46. The highest BCUT2D eigenvalue weighted by Crippen LogP contribution is 2.36. The van der Waals surface area contributed by atoms with Crippen molar-refractivity contribution in [2.75, 3.05) is 0 Å². The minimum atomic E-state index is 0.194. The summed E-state index contributed by atoms with van der Waals surface area (Å²) in [5.41, 5.74) is 1.05. The fourth-order valence-electron chi connectivity index (χ4n) is 1.44. The predicted molar refractivity (Wildman–Crippen MR) is 57.0 cm³/mol. The molecule has 0 saturated carbocycles. The van der Waals surface area contributed by atoms with Crippen LogP contribution in [0.2, 0.25) is 0 Å². The first-order valence-electron chi connectivity index (χ1n) is 4.66. The lowest BCUT2D eigenvalue weighted by Gasteiger charge is -2.25. The van der Waals surface area contributed by atoms with Gasteiger partial charge in [-0.05, 0) is 24.3 Å². The molecule has 0 amide bonds. The van der Waals surface area contributed by atoms with Crippen LogP contribution in [0.1, 0.15) is 44.1 Å². The molecule has 70 valence electrons. The summed E-state index contributed by atoms with van der Waals surface area (Å²) in [6.45, 7) is 6.61. The lowest BCUT2D eigenvalue weighted by atomic mass is 9.82. The van der Waals surface area contributed by atoms with E-state index in [0.29, 0.717) is 0 Å². The Morgan fingerprint density at radius 2 is 2.08 bits per heavy atom. The molecule has 13 heavy (non-hydrogen) atoms. The van der Waals surface area contributed by atoms with Crippen molar-refractivity contribution >= 4 is 11.3 Å². The fraction of sp³-hybridized carbons (Fsp3) is 0.545. The molecule has 1 rings (SSSR count). The van der Waals surface area contributed by atoms with E-state index in [1.165, 1.54) is 4.88 Å². The van der Waals surface area contributed by atoms with Crippen LogP contribution in [-0.2, 0) is 5.41 Å². The fourth-order valence-corrected chi connectivity index (χ4v) is 2.59. The highest BCUT2D eigenvalue weighted by Gasteiger charge is 2.26. The molecule has 0 fully saturated rings. The normalized spacial score (nSPS) is 11.2. The van der Waals surface area contributed by atoms with Gasteiger partial charge in [0.1, 0.15) is 6.07 Å². The zero-order valence-corrected chi connectivity index (χ0v) is 9.24. The van der Waals surface area contributed by atoms with E-state index in [0.717, 1.165) is 18.4 Å². The third kappa shape index (κ3) is 1.76. The number of nitriles is 1. The Kier molecular flexibility index (Phi) is 3.11. The SMILES string of the molecule is CCC(C)(CC)c1sccc1C#N. The van der Waals surface area contributed by atoms with Gasteiger partial charge in [0.15, 0.2) is 0 Å². The van der Waals surface area contributed by atoms with Gasteiger partial charge in [-0.2, -0.15) is 5.26 Å². The van der Waals surface area contributed by atoms with Crippen LogP contribution < -0.4 is 0 Å². The molecule has 1 aromatic rings. The summed E-state index contributed by atoms with van der Waals surface area (Å²) >= 11 is 1.71. The van der Waals surface area contributed by atoms with Gasteiger partial charge >= 0.3 is 0 Å². The number of nitrogens with zero attached hydrogens (tertiary/aromatic N) is 1. The molecular formula is C11H15NS. The summed E-state index contributed by atoms with van der Waals surface area (Å²) in [6.07, 6.45) is 2.19. The van der Waals surface area contributed by atoms with Crippen molar-refractivity contribution < 1.29 is 0 Å². The summed E-state index contributed by atoms with van der Waals surface area (Å²) in [5.74, 6) is 0. The van der Waals surface area contributed by atoms with Crippen molar-refractivity contribution in [3.05, 3.63) is 21.9 Å². The molecule has 1 nitrogen and oxygen atoms in total. The third-order valence-electron chi connectivity index (χ3n) is 2.89. The highest BCUT2D eigenvalue weighted by molar-refractivity contribution is 7.10. The molecule has 2 heteroatoms. The van der Waals surface area contributed by atoms with Crippen molar-refractivity contribution in [2.24, 2.45) is 0 Å². The summed E-state index contributed by atoms with van der Waals surface area (Å²) in [7, 11) is 0. The standard InChI is InChI=1S/C11H15NS/c1-4-11(3,5-2)10-9(8-12)6-7-13-10/h6-7H,4-5H2,1-3H3. The Hall–Kier alpha value is -0.810. The summed E-state index contributed by atoms with van der Waals surface area (Å²) < 4.78 is 0. The molecule has 0 radical (unpaired) electrons. The van der Waals surface area contributed by atoms with Crippen LogP contribution in [0.5, 0.6) is 0 Å². The summed E-state index contributed by atoms with van der Waals surface area (Å²) in [5, 5.41) is 10.9. The first-order chi connectivity index (χ1) is 6.18. The maximum absolute atomic E-state index is 8.92. The highest BCUT2D eigenvalue weighted by atomic mass is 32.1. The van der Waals surface area contributed by atoms with Crippen LogP contribution in [0, 0.1) is 11.3 Å². The predicted octanol–water partition coefficient (Wildman–Crippen LogP) is 3.70. The van der Waals surface area contributed by atoms with Crippen LogP contribution in [0.4, 0.5) is 0 Å². The average Bonchev–Trinajstić information content (AvgIpc) is 2.65. The average molecular weight is 193 g/mol. The largest absolute Gasteiger partial charge is 0.192 e. The van der Waals surface area contributed by atoms with Gasteiger partial charge in [0.2, 0.25) is 0 Å². The zero-order chi connectivity index (χ0) is 9.90. The minimum absolute atomic E-state index is 0.194. The van der Waals surface area contributed by atoms with E-state index >= 15 is 0 Å². The number of hydrogen-bond donors (Lipinski definition) is 0. The van der Waals surface area contributed by atoms with Gasteiger partial charge in [-0.15, -0.1) is 11.3 Å². The molecule has 0 aromatic carbocycles. The molecule has 0 saturated heterocycles. The second-order valence-electron chi connectivity index (χ2n) is 3.54. The Morgan fingerprint density at radius 3 is 2.54 bits per heavy atom. The molecule has 0 aliphatic rings. The topological polar surface area (TPSA) is 23.8 Å². The van der Waals surface area contributed by atoms with Gasteiger partial charge in [-0.1, -0.05) is 20.8 Å². The monoisotopic (exact) mass is 193 g/mol. The third-order valence-corrected chi connectivity index (χ3v) is 4.12. The van der Waals surface area contributed by atoms with Gasteiger partial charge in [-0.25, -0.2) is 0 Å². The Labute approximate surface area is 84.0 Å². The summed E-state index contributed by atoms with van der Waals surface area (Å²) in [4.78, 5) is 1.25. The van der Waals surface area contributed by atoms with E-state index in [9.17, 15) is 0 Å². The molecule has 1 heterocycles. The smallest absolute Gasteiger partial charge is 0.100 e. The maximum atomic E-state index is 8.92. The zero-order valence-electron chi connectivity index (χ0n) is 8.42. The first kappa shape index (κ1) is 10.3. The van der Waals surface area contributed by atoms with E-state index in [-0.39, 0.29) is 5.41 Å². The first-order valence-corrected chi connectivity index (χ1v) is 5.54. The molecule has 0 atom stereocenters. The van der Waals surface area contributed by atoms with E-state index < -0.39 is 0 Å². The van der Waals surface area contributed by atoms with E-state index in [4.69, 9.17) is 5.26 Å². The van der Waals surface area contributed by atoms with Crippen LogP contribution in [0.15, 0.2) is 11.4 Å². The maximum Gasteiger partial charge on any atom is 0.100 e. The molecule has 0 aliphatic carbocycles. The molecule has 0 unspecified atom stereocenters. The van der Waals surface area contributed by atoms with Crippen LogP contribution in [-0.4, -0.2) is 0 Å². The van der Waals surface area contributed by atoms with Crippen molar-refractivity contribution in [3.8, 4) is 6.07 Å². The van der Waals surface area contributed by atoms with Crippen LogP contribution in [0.3, 0.4) is 0 Å². The van der Waals surface area contributed by atoms with E-state index in [2.05, 4.69) is 26.8 Å². The Balaban J connectivity index is 3.13. The van der Waals surface area contributed by atoms with Gasteiger partial charge in [0.05, 0.1) is 5.56 Å². The van der Waals surface area contributed by atoms with Crippen molar-refractivity contribution in [2.45, 2.75) is 39.0 Å². The lowest BCUT2D eigenvalue weighted by Crippen LogP contribution is -2.18. The lowest BCUT2D eigenvalue weighted by molar-refractivity contribution is 0.447. The van der Waals surface area contributed by atoms with Crippen molar-refractivity contribution in [3.63, 3.8) is 0 Å². The second kappa shape index (κ2) is 3.93. The number of hydrogen-bond acceptors (Lipinski definition) is 2.